The van der Waals surface area contributed by atoms with Gasteiger partial charge in [0.05, 0.1) is 10.6 Å². The molecule has 0 bridgehead atoms. The van der Waals surface area contributed by atoms with Gasteiger partial charge in [-0.05, 0) is 41.3 Å². The smallest absolute Gasteiger partial charge is 0.206 e. The highest BCUT2D eigenvalue weighted by atomic mass is 35.5. The van der Waals surface area contributed by atoms with E-state index in [0.717, 1.165) is 23.1 Å². The number of hydrogen-bond acceptors (Lipinski definition) is 0. The van der Waals surface area contributed by atoms with Gasteiger partial charge in [0, 0.05) is 16.5 Å². The van der Waals surface area contributed by atoms with Crippen LogP contribution in [0, 0.1) is 23.5 Å². The second-order valence-electron chi connectivity index (χ2n) is 5.49. The molecule has 0 spiro atoms. The Hall–Kier alpha value is -2.77. The maximum atomic E-state index is 13.9. The van der Waals surface area contributed by atoms with E-state index in [0.29, 0.717) is 10.9 Å². The van der Waals surface area contributed by atoms with E-state index < -0.39 is 23.6 Å². The molecule has 0 aromatic heterocycles. The molecule has 0 heterocycles. The number of rotatable bonds is 2. The number of allylic oxidation sites excluding steroid dienone is 1. The molecule has 0 nitrogen and oxygen atoms in total. The molecule has 0 amide bonds. The molecule has 0 aliphatic heterocycles. The standard InChI is InChI=1S/C21H11ClF4/c1-2-3-4-12-5-7-15-13(9-12)6-8-16(20(15)22)14-10-17(23)19(21(25)26)18(24)11-14/h2,5-11,21H,1H2. The van der Waals surface area contributed by atoms with Crippen LogP contribution in [0.3, 0.4) is 0 Å². The highest BCUT2D eigenvalue weighted by molar-refractivity contribution is 6.38. The lowest BCUT2D eigenvalue weighted by molar-refractivity contribution is 0.141. The molecule has 130 valence electrons. The molecule has 0 fully saturated rings. The largest absolute Gasteiger partial charge is 0.269 e. The van der Waals surface area contributed by atoms with E-state index in [1.807, 2.05) is 6.07 Å². The van der Waals surface area contributed by atoms with E-state index >= 15 is 0 Å². The van der Waals surface area contributed by atoms with Crippen molar-refractivity contribution in [3.63, 3.8) is 0 Å². The first-order valence-corrected chi connectivity index (χ1v) is 7.92. The Morgan fingerprint density at radius 1 is 1.00 bits per heavy atom. The van der Waals surface area contributed by atoms with Crippen molar-refractivity contribution in [2.45, 2.75) is 6.43 Å². The lowest BCUT2D eigenvalue weighted by atomic mass is 9.98. The second kappa shape index (κ2) is 7.23. The van der Waals surface area contributed by atoms with Gasteiger partial charge >= 0.3 is 0 Å². The highest BCUT2D eigenvalue weighted by Crippen LogP contribution is 2.37. The van der Waals surface area contributed by atoms with Gasteiger partial charge in [0.15, 0.2) is 0 Å². The molecular formula is C21H11ClF4. The molecule has 3 aromatic carbocycles. The predicted molar refractivity (Wildman–Crippen MR) is 96.3 cm³/mol. The van der Waals surface area contributed by atoms with E-state index in [-0.39, 0.29) is 10.6 Å². The van der Waals surface area contributed by atoms with Crippen LogP contribution in [0.4, 0.5) is 17.6 Å². The summed E-state index contributed by atoms with van der Waals surface area (Å²) in [5.74, 6) is 3.04. The summed E-state index contributed by atoms with van der Waals surface area (Å²) in [6.07, 6.45) is -1.75. The Balaban J connectivity index is 2.15. The van der Waals surface area contributed by atoms with Crippen LogP contribution >= 0.6 is 11.6 Å². The SMILES string of the molecule is C=CC#Cc1ccc2c(Cl)c(-c3cc(F)c(C(F)F)c(F)c3)ccc2c1. The van der Waals surface area contributed by atoms with Crippen molar-refractivity contribution in [1.29, 1.82) is 0 Å². The second-order valence-corrected chi connectivity index (χ2v) is 5.87. The third-order valence-corrected chi connectivity index (χ3v) is 4.29. The monoisotopic (exact) mass is 374 g/mol. The summed E-state index contributed by atoms with van der Waals surface area (Å²) in [6.45, 7) is 3.53. The Labute approximate surface area is 152 Å². The normalized spacial score (nSPS) is 10.7. The zero-order valence-electron chi connectivity index (χ0n) is 13.3. The van der Waals surface area contributed by atoms with Crippen LogP contribution in [0.25, 0.3) is 21.9 Å². The maximum absolute atomic E-state index is 13.9. The third kappa shape index (κ3) is 3.31. The lowest BCUT2D eigenvalue weighted by Gasteiger charge is -2.11. The molecule has 0 aliphatic rings. The minimum Gasteiger partial charge on any atom is -0.206 e. The van der Waals surface area contributed by atoms with Crippen LogP contribution in [0.2, 0.25) is 5.02 Å². The van der Waals surface area contributed by atoms with Crippen molar-refractivity contribution in [1.82, 2.24) is 0 Å². The van der Waals surface area contributed by atoms with Gasteiger partial charge in [0.2, 0.25) is 0 Å². The van der Waals surface area contributed by atoms with Crippen molar-refractivity contribution in [2.24, 2.45) is 0 Å². The number of alkyl halides is 2. The van der Waals surface area contributed by atoms with Crippen molar-refractivity contribution in [2.75, 3.05) is 0 Å². The van der Waals surface area contributed by atoms with Crippen molar-refractivity contribution < 1.29 is 17.6 Å². The molecular weight excluding hydrogens is 364 g/mol. The Morgan fingerprint density at radius 2 is 1.69 bits per heavy atom. The summed E-state index contributed by atoms with van der Waals surface area (Å²) in [7, 11) is 0. The summed E-state index contributed by atoms with van der Waals surface area (Å²) in [6, 6.07) is 10.4. The Kier molecular flexibility index (Phi) is 5.01. The van der Waals surface area contributed by atoms with E-state index in [4.69, 9.17) is 11.6 Å². The third-order valence-electron chi connectivity index (χ3n) is 3.88. The first kappa shape index (κ1) is 18.0. The fourth-order valence-corrected chi connectivity index (χ4v) is 3.02. The van der Waals surface area contributed by atoms with Gasteiger partial charge in [0.1, 0.15) is 11.6 Å². The summed E-state index contributed by atoms with van der Waals surface area (Å²) < 4.78 is 53.2. The molecule has 26 heavy (non-hydrogen) atoms. The molecule has 3 aromatic rings. The van der Waals surface area contributed by atoms with Crippen LogP contribution in [0.5, 0.6) is 0 Å². The minimum absolute atomic E-state index is 0.0897. The average Bonchev–Trinajstić information content (AvgIpc) is 2.59. The molecule has 0 unspecified atom stereocenters. The topological polar surface area (TPSA) is 0 Å². The van der Waals surface area contributed by atoms with E-state index in [9.17, 15) is 17.6 Å². The minimum atomic E-state index is -3.23. The summed E-state index contributed by atoms with van der Waals surface area (Å²) in [5, 5.41) is 1.72. The lowest BCUT2D eigenvalue weighted by Crippen LogP contribution is -1.97. The zero-order valence-corrected chi connectivity index (χ0v) is 14.0. The maximum Gasteiger partial charge on any atom is 0.269 e. The van der Waals surface area contributed by atoms with E-state index in [1.54, 1.807) is 24.3 Å². The van der Waals surface area contributed by atoms with Gasteiger partial charge in [-0.1, -0.05) is 48.2 Å². The van der Waals surface area contributed by atoms with E-state index in [2.05, 4.69) is 18.4 Å². The van der Waals surface area contributed by atoms with Crippen molar-refractivity contribution in [3.05, 3.63) is 82.9 Å². The molecule has 0 saturated heterocycles. The summed E-state index contributed by atoms with van der Waals surface area (Å²) in [5.41, 5.74) is -0.0368. The van der Waals surface area contributed by atoms with Crippen LogP contribution in [0.1, 0.15) is 17.6 Å². The fourth-order valence-electron chi connectivity index (χ4n) is 2.68. The number of hydrogen-bond donors (Lipinski definition) is 0. The van der Waals surface area contributed by atoms with Gasteiger partial charge < -0.3 is 0 Å². The van der Waals surface area contributed by atoms with Crippen LogP contribution < -0.4 is 0 Å². The van der Waals surface area contributed by atoms with Crippen LogP contribution in [-0.4, -0.2) is 0 Å². The first-order valence-electron chi connectivity index (χ1n) is 7.54. The van der Waals surface area contributed by atoms with Crippen molar-refractivity contribution in [3.8, 4) is 23.0 Å². The predicted octanol–water partition coefficient (Wildman–Crippen LogP) is 6.91. The summed E-state index contributed by atoms with van der Waals surface area (Å²) >= 11 is 6.39. The summed E-state index contributed by atoms with van der Waals surface area (Å²) in [4.78, 5) is 0. The Morgan fingerprint density at radius 3 is 2.31 bits per heavy atom. The highest BCUT2D eigenvalue weighted by Gasteiger charge is 2.21. The molecule has 3 rings (SSSR count). The number of benzene rings is 3. The van der Waals surface area contributed by atoms with Gasteiger partial charge in [-0.25, -0.2) is 17.6 Å². The van der Waals surface area contributed by atoms with Gasteiger partial charge in [-0.3, -0.25) is 0 Å². The molecule has 0 N–H and O–H groups in total. The molecule has 5 heteroatoms. The Bertz CT molecular complexity index is 1050. The molecule has 0 atom stereocenters. The number of fused-ring (bicyclic) bond motifs is 1. The molecule has 0 saturated carbocycles. The van der Waals surface area contributed by atoms with Crippen molar-refractivity contribution >= 4 is 22.4 Å². The molecule has 0 aliphatic carbocycles. The average molecular weight is 375 g/mol. The van der Waals surface area contributed by atoms with Gasteiger partial charge in [-0.15, -0.1) is 0 Å². The number of halogens is 5. The van der Waals surface area contributed by atoms with Crippen LogP contribution in [-0.2, 0) is 0 Å². The fraction of sp³-hybridized carbons (Fsp3) is 0.0476. The van der Waals surface area contributed by atoms with Gasteiger partial charge in [0.25, 0.3) is 6.43 Å². The zero-order chi connectivity index (χ0) is 18.8. The van der Waals surface area contributed by atoms with E-state index in [1.165, 1.54) is 6.08 Å². The van der Waals surface area contributed by atoms with Gasteiger partial charge in [-0.2, -0.15) is 0 Å². The molecule has 0 radical (unpaired) electrons. The quantitative estimate of drug-likeness (QED) is 0.337. The van der Waals surface area contributed by atoms with Crippen LogP contribution in [0.15, 0.2) is 55.1 Å². The first-order chi connectivity index (χ1) is 12.4.